The molecule has 0 spiro atoms. The van der Waals surface area contributed by atoms with E-state index in [0.29, 0.717) is 5.56 Å². The predicted octanol–water partition coefficient (Wildman–Crippen LogP) is 1.75. The van der Waals surface area contributed by atoms with Crippen molar-refractivity contribution in [2.75, 3.05) is 0 Å². The van der Waals surface area contributed by atoms with Crippen LogP contribution in [0.4, 0.5) is 5.69 Å². The van der Waals surface area contributed by atoms with E-state index in [9.17, 15) is 20.0 Å². The summed E-state index contributed by atoms with van der Waals surface area (Å²) in [5.74, 6) is -1.03. The minimum atomic E-state index is -1.32. The molecular formula is C15H21N3O4. The Hall–Kier alpha value is -1.99. The topological polar surface area (TPSA) is 118 Å². The van der Waals surface area contributed by atoms with E-state index in [2.05, 4.69) is 5.32 Å². The maximum absolute atomic E-state index is 11.8. The van der Waals surface area contributed by atoms with Crippen molar-refractivity contribution in [3.63, 3.8) is 0 Å². The van der Waals surface area contributed by atoms with Gasteiger partial charge in [-0.3, -0.25) is 15.4 Å². The van der Waals surface area contributed by atoms with Gasteiger partial charge in [0.25, 0.3) is 5.69 Å². The molecule has 3 unspecified atom stereocenters. The molecule has 1 aromatic carbocycles. The Balaban J connectivity index is 2.27. The van der Waals surface area contributed by atoms with Crippen LogP contribution < -0.4 is 11.1 Å². The molecule has 1 aromatic rings. The zero-order chi connectivity index (χ0) is 16.3. The molecule has 1 fully saturated rings. The second kappa shape index (κ2) is 6.41. The number of nitro benzene ring substituents is 1. The molecule has 2 rings (SSSR count). The normalized spacial score (nSPS) is 24.5. The highest BCUT2D eigenvalue weighted by molar-refractivity contribution is 5.80. The van der Waals surface area contributed by atoms with Crippen LogP contribution in [-0.2, 0) is 10.3 Å². The zero-order valence-corrected chi connectivity index (χ0v) is 12.5. The van der Waals surface area contributed by atoms with Gasteiger partial charge < -0.3 is 10.8 Å². The van der Waals surface area contributed by atoms with Crippen LogP contribution in [0.25, 0.3) is 0 Å². The molecule has 7 heteroatoms. The highest BCUT2D eigenvalue weighted by Crippen LogP contribution is 2.27. The van der Waals surface area contributed by atoms with E-state index in [-0.39, 0.29) is 17.8 Å². The highest BCUT2D eigenvalue weighted by atomic mass is 16.6. The predicted molar refractivity (Wildman–Crippen MR) is 81.5 cm³/mol. The molecule has 1 aliphatic carbocycles. The zero-order valence-electron chi connectivity index (χ0n) is 12.5. The first-order chi connectivity index (χ1) is 10.3. The van der Waals surface area contributed by atoms with Crippen molar-refractivity contribution in [3.05, 3.63) is 39.9 Å². The molecule has 120 valence electrons. The van der Waals surface area contributed by atoms with Crippen molar-refractivity contribution < 1.29 is 14.8 Å². The molecule has 0 bridgehead atoms. The van der Waals surface area contributed by atoms with Gasteiger partial charge in [0.1, 0.15) is 5.54 Å². The first kappa shape index (κ1) is 16.4. The quantitative estimate of drug-likeness (QED) is 0.563. The van der Waals surface area contributed by atoms with Gasteiger partial charge in [-0.1, -0.05) is 12.8 Å². The van der Waals surface area contributed by atoms with Gasteiger partial charge in [0.2, 0.25) is 0 Å². The Morgan fingerprint density at radius 3 is 2.45 bits per heavy atom. The van der Waals surface area contributed by atoms with E-state index in [4.69, 9.17) is 5.73 Å². The van der Waals surface area contributed by atoms with E-state index in [0.717, 1.165) is 25.7 Å². The standard InChI is InChI=1S/C15H21N3O4/c1-15(14(19)20,17-13-5-3-2-4-12(13)16)10-6-8-11(9-7-10)18(21)22/h6-9,12-13,17H,2-5,16H2,1H3,(H,19,20). The molecule has 0 radical (unpaired) electrons. The smallest absolute Gasteiger partial charge is 0.328 e. The van der Waals surface area contributed by atoms with Gasteiger partial charge in [-0.15, -0.1) is 0 Å². The van der Waals surface area contributed by atoms with Crippen LogP contribution in [0.15, 0.2) is 24.3 Å². The third kappa shape index (κ3) is 3.26. The lowest BCUT2D eigenvalue weighted by atomic mass is 9.85. The van der Waals surface area contributed by atoms with Crippen molar-refractivity contribution in [2.24, 2.45) is 5.73 Å². The van der Waals surface area contributed by atoms with Gasteiger partial charge in [0.15, 0.2) is 0 Å². The van der Waals surface area contributed by atoms with E-state index >= 15 is 0 Å². The summed E-state index contributed by atoms with van der Waals surface area (Å²) in [6, 6.07) is 5.44. The fourth-order valence-electron chi connectivity index (χ4n) is 2.89. The number of hydrogen-bond donors (Lipinski definition) is 3. The van der Waals surface area contributed by atoms with Gasteiger partial charge in [0.05, 0.1) is 4.92 Å². The minimum Gasteiger partial charge on any atom is -0.480 e. The number of aliphatic carboxylic acids is 1. The first-order valence-electron chi connectivity index (χ1n) is 7.36. The molecular weight excluding hydrogens is 286 g/mol. The summed E-state index contributed by atoms with van der Waals surface area (Å²) in [7, 11) is 0. The van der Waals surface area contributed by atoms with Crippen LogP contribution in [0, 0.1) is 10.1 Å². The summed E-state index contributed by atoms with van der Waals surface area (Å²) >= 11 is 0. The summed E-state index contributed by atoms with van der Waals surface area (Å²) < 4.78 is 0. The van der Waals surface area contributed by atoms with E-state index in [1.54, 1.807) is 6.92 Å². The fraction of sp³-hybridized carbons (Fsp3) is 0.533. The minimum absolute atomic E-state index is 0.0640. The fourth-order valence-corrected chi connectivity index (χ4v) is 2.89. The number of hydrogen-bond acceptors (Lipinski definition) is 5. The molecule has 0 amide bonds. The SMILES string of the molecule is CC(NC1CCCCC1N)(C(=O)O)c1ccc([N+](=O)[O-])cc1. The van der Waals surface area contributed by atoms with E-state index in [1.807, 2.05) is 0 Å². The van der Waals surface area contributed by atoms with Gasteiger partial charge >= 0.3 is 5.97 Å². The maximum Gasteiger partial charge on any atom is 0.328 e. The lowest BCUT2D eigenvalue weighted by Gasteiger charge is -2.37. The molecule has 0 aromatic heterocycles. The van der Waals surface area contributed by atoms with Crippen LogP contribution in [-0.4, -0.2) is 28.1 Å². The average molecular weight is 307 g/mol. The van der Waals surface area contributed by atoms with Crippen molar-refractivity contribution >= 4 is 11.7 Å². The molecule has 3 atom stereocenters. The lowest BCUT2D eigenvalue weighted by Crippen LogP contribution is -2.57. The lowest BCUT2D eigenvalue weighted by molar-refractivity contribution is -0.384. The Morgan fingerprint density at radius 1 is 1.36 bits per heavy atom. The van der Waals surface area contributed by atoms with Crippen molar-refractivity contribution in [3.8, 4) is 0 Å². The number of carbonyl (C=O) groups is 1. The Morgan fingerprint density at radius 2 is 1.95 bits per heavy atom. The summed E-state index contributed by atoms with van der Waals surface area (Å²) in [5.41, 5.74) is 5.17. The van der Waals surface area contributed by atoms with Gasteiger partial charge in [-0.25, -0.2) is 4.79 Å². The number of carboxylic acids is 1. The first-order valence-corrected chi connectivity index (χ1v) is 7.36. The number of nitrogens with one attached hydrogen (secondary N) is 1. The molecule has 1 saturated carbocycles. The number of benzene rings is 1. The van der Waals surface area contributed by atoms with E-state index < -0.39 is 16.4 Å². The molecule has 0 heterocycles. The number of nitro groups is 1. The summed E-state index contributed by atoms with van der Waals surface area (Å²) in [6.07, 6.45) is 3.77. The van der Waals surface area contributed by atoms with Gasteiger partial charge in [-0.2, -0.15) is 0 Å². The van der Waals surface area contributed by atoms with E-state index in [1.165, 1.54) is 24.3 Å². The molecule has 1 aliphatic rings. The third-order valence-corrected chi connectivity index (χ3v) is 4.38. The number of non-ortho nitro benzene ring substituents is 1. The molecule has 4 N–H and O–H groups in total. The average Bonchev–Trinajstić information content (AvgIpc) is 2.49. The van der Waals surface area contributed by atoms with Crippen molar-refractivity contribution in [2.45, 2.75) is 50.2 Å². The van der Waals surface area contributed by atoms with Crippen LogP contribution >= 0.6 is 0 Å². The highest BCUT2D eigenvalue weighted by Gasteiger charge is 2.39. The second-order valence-corrected chi connectivity index (χ2v) is 5.93. The maximum atomic E-state index is 11.8. The molecule has 7 nitrogen and oxygen atoms in total. The largest absolute Gasteiger partial charge is 0.480 e. The van der Waals surface area contributed by atoms with Crippen molar-refractivity contribution in [1.82, 2.24) is 5.32 Å². The monoisotopic (exact) mass is 307 g/mol. The summed E-state index contributed by atoms with van der Waals surface area (Å²) in [5, 5.41) is 23.5. The number of nitrogens with zero attached hydrogens (tertiary/aromatic N) is 1. The Kier molecular flexibility index (Phi) is 4.77. The third-order valence-electron chi connectivity index (χ3n) is 4.38. The second-order valence-electron chi connectivity index (χ2n) is 5.93. The molecule has 22 heavy (non-hydrogen) atoms. The summed E-state index contributed by atoms with van der Waals surface area (Å²) in [4.78, 5) is 22.0. The van der Waals surface area contributed by atoms with Crippen LogP contribution in [0.3, 0.4) is 0 Å². The van der Waals surface area contributed by atoms with Crippen LogP contribution in [0.2, 0.25) is 0 Å². The van der Waals surface area contributed by atoms with Crippen LogP contribution in [0.5, 0.6) is 0 Å². The van der Waals surface area contributed by atoms with Crippen LogP contribution in [0.1, 0.15) is 38.2 Å². The number of carboxylic acid groups (broad SMARTS) is 1. The number of nitrogens with two attached hydrogens (primary N) is 1. The van der Waals surface area contributed by atoms with Crippen molar-refractivity contribution in [1.29, 1.82) is 0 Å². The summed E-state index contributed by atoms with van der Waals surface area (Å²) in [6.45, 7) is 1.57. The Bertz CT molecular complexity index is 560. The number of rotatable bonds is 5. The van der Waals surface area contributed by atoms with Gasteiger partial charge in [0, 0.05) is 24.2 Å². The van der Waals surface area contributed by atoms with Gasteiger partial charge in [-0.05, 0) is 37.5 Å². The molecule has 0 saturated heterocycles. The molecule has 0 aliphatic heterocycles. The Labute approximate surface area is 128 Å².